The minimum atomic E-state index is -1.63. The van der Waals surface area contributed by atoms with Crippen molar-refractivity contribution in [3.05, 3.63) is 56.1 Å². The van der Waals surface area contributed by atoms with Gasteiger partial charge in [0, 0.05) is 11.1 Å². The fourth-order valence-electron chi connectivity index (χ4n) is 2.00. The maximum atomic E-state index is 14.4. The Labute approximate surface area is 126 Å². The molecule has 0 heterocycles. The first-order valence-electron chi connectivity index (χ1n) is 5.96. The molecule has 2 aromatic rings. The SMILES string of the molecule is COc1ccc(F)c(-c2cc(O)c([N+](=O)[O-])c([N+](=O)[O-])c2F)c1. The molecular formula is C13H8F2N2O6. The predicted octanol–water partition coefficient (Wildman–Crippen LogP) is 3.16. The van der Waals surface area contributed by atoms with Gasteiger partial charge in [-0.15, -0.1) is 0 Å². The molecule has 0 atom stereocenters. The summed E-state index contributed by atoms with van der Waals surface area (Å²) in [5.74, 6) is -3.61. The van der Waals surface area contributed by atoms with Crippen molar-refractivity contribution in [1.82, 2.24) is 0 Å². The topological polar surface area (TPSA) is 116 Å². The second-order valence-corrected chi connectivity index (χ2v) is 4.31. The van der Waals surface area contributed by atoms with E-state index in [4.69, 9.17) is 4.74 Å². The van der Waals surface area contributed by atoms with Gasteiger partial charge in [0.15, 0.2) is 0 Å². The number of benzene rings is 2. The van der Waals surface area contributed by atoms with Gasteiger partial charge in [0.25, 0.3) is 0 Å². The zero-order valence-corrected chi connectivity index (χ0v) is 11.4. The smallest absolute Gasteiger partial charge is 0.390 e. The summed E-state index contributed by atoms with van der Waals surface area (Å²) in [7, 11) is 1.27. The van der Waals surface area contributed by atoms with Gasteiger partial charge in [-0.2, -0.15) is 4.39 Å². The molecule has 0 spiro atoms. The molecule has 8 nitrogen and oxygen atoms in total. The van der Waals surface area contributed by atoms with Gasteiger partial charge >= 0.3 is 11.4 Å². The highest BCUT2D eigenvalue weighted by molar-refractivity contribution is 5.77. The van der Waals surface area contributed by atoms with Gasteiger partial charge in [0.2, 0.25) is 11.6 Å². The molecule has 1 N–H and O–H groups in total. The summed E-state index contributed by atoms with van der Waals surface area (Å²) in [5.41, 5.74) is -4.10. The van der Waals surface area contributed by atoms with Gasteiger partial charge in [-0.05, 0) is 24.3 Å². The van der Waals surface area contributed by atoms with Gasteiger partial charge < -0.3 is 9.84 Å². The van der Waals surface area contributed by atoms with E-state index in [0.29, 0.717) is 6.07 Å². The van der Waals surface area contributed by atoms with Gasteiger partial charge in [-0.25, -0.2) is 4.39 Å². The molecule has 23 heavy (non-hydrogen) atoms. The van der Waals surface area contributed by atoms with Crippen LogP contribution >= 0.6 is 0 Å². The lowest BCUT2D eigenvalue weighted by atomic mass is 10.0. The van der Waals surface area contributed by atoms with E-state index in [9.17, 15) is 34.1 Å². The minimum absolute atomic E-state index is 0.126. The highest BCUT2D eigenvalue weighted by Crippen LogP contribution is 2.43. The third kappa shape index (κ3) is 2.73. The summed E-state index contributed by atoms with van der Waals surface area (Å²) in [4.78, 5) is 19.1. The number of methoxy groups -OCH3 is 1. The predicted molar refractivity (Wildman–Crippen MR) is 73.3 cm³/mol. The minimum Gasteiger partial charge on any atom is -0.502 e. The van der Waals surface area contributed by atoms with Crippen LogP contribution in [0.5, 0.6) is 11.5 Å². The van der Waals surface area contributed by atoms with Crippen LogP contribution in [0, 0.1) is 31.9 Å². The molecule has 10 heteroatoms. The van der Waals surface area contributed by atoms with E-state index in [1.54, 1.807) is 0 Å². The number of halogens is 2. The second-order valence-electron chi connectivity index (χ2n) is 4.31. The zero-order chi connectivity index (χ0) is 17.3. The number of hydrogen-bond acceptors (Lipinski definition) is 6. The summed E-state index contributed by atoms with van der Waals surface area (Å²) in [6.45, 7) is 0. The molecule has 0 fully saturated rings. The number of hydrogen-bond donors (Lipinski definition) is 1. The highest BCUT2D eigenvalue weighted by Gasteiger charge is 2.36. The van der Waals surface area contributed by atoms with Gasteiger partial charge in [-0.1, -0.05) is 0 Å². The van der Waals surface area contributed by atoms with E-state index in [1.165, 1.54) is 13.2 Å². The van der Waals surface area contributed by atoms with E-state index in [0.717, 1.165) is 12.1 Å². The molecule has 0 amide bonds. The molecule has 0 saturated carbocycles. The number of nitrogens with zero attached hydrogens (tertiary/aromatic N) is 2. The van der Waals surface area contributed by atoms with Crippen molar-refractivity contribution in [2.75, 3.05) is 7.11 Å². The van der Waals surface area contributed by atoms with Crippen molar-refractivity contribution in [1.29, 1.82) is 0 Å². The Kier molecular flexibility index (Phi) is 4.08. The Bertz CT molecular complexity index is 825. The maximum Gasteiger partial charge on any atom is 0.390 e. The average Bonchev–Trinajstić information content (AvgIpc) is 2.48. The summed E-state index contributed by atoms with van der Waals surface area (Å²) in [5, 5.41) is 31.3. The number of rotatable bonds is 4. The lowest BCUT2D eigenvalue weighted by Crippen LogP contribution is -2.02. The van der Waals surface area contributed by atoms with E-state index in [2.05, 4.69) is 0 Å². The van der Waals surface area contributed by atoms with Crippen LogP contribution in [0.2, 0.25) is 0 Å². The zero-order valence-electron chi connectivity index (χ0n) is 11.4. The van der Waals surface area contributed by atoms with Crippen LogP contribution in [-0.2, 0) is 0 Å². The lowest BCUT2D eigenvalue weighted by Gasteiger charge is -2.09. The van der Waals surface area contributed by atoms with Gasteiger partial charge in [0.05, 0.1) is 17.0 Å². The number of ether oxygens (including phenoxy) is 1. The van der Waals surface area contributed by atoms with Crippen LogP contribution in [0.4, 0.5) is 20.2 Å². The van der Waals surface area contributed by atoms with Crippen molar-refractivity contribution >= 4 is 11.4 Å². The summed E-state index contributed by atoms with van der Waals surface area (Å²) >= 11 is 0. The molecule has 0 unspecified atom stereocenters. The number of phenols is 1. The Hall–Kier alpha value is -3.30. The number of phenolic OH excluding ortho intramolecular Hbond substituents is 1. The first kappa shape index (κ1) is 16.1. The fraction of sp³-hybridized carbons (Fsp3) is 0.0769. The Morgan fingerprint density at radius 2 is 1.65 bits per heavy atom. The van der Waals surface area contributed by atoms with E-state index in [-0.39, 0.29) is 5.75 Å². The Balaban J connectivity index is 2.85. The molecule has 120 valence electrons. The first-order chi connectivity index (χ1) is 10.8. The van der Waals surface area contributed by atoms with Crippen LogP contribution in [0.3, 0.4) is 0 Å². The van der Waals surface area contributed by atoms with Crippen molar-refractivity contribution in [3.8, 4) is 22.6 Å². The molecule has 0 radical (unpaired) electrons. The molecule has 0 aliphatic rings. The molecule has 2 aromatic carbocycles. The molecule has 0 aliphatic carbocycles. The Morgan fingerprint density at radius 1 is 1.04 bits per heavy atom. The molecule has 0 saturated heterocycles. The van der Waals surface area contributed by atoms with Gasteiger partial charge in [0.1, 0.15) is 11.6 Å². The van der Waals surface area contributed by atoms with Crippen molar-refractivity contribution in [3.63, 3.8) is 0 Å². The average molecular weight is 326 g/mol. The molecule has 0 aromatic heterocycles. The van der Waals surface area contributed by atoms with Crippen molar-refractivity contribution in [2.24, 2.45) is 0 Å². The maximum absolute atomic E-state index is 14.4. The van der Waals surface area contributed by atoms with Gasteiger partial charge in [-0.3, -0.25) is 20.2 Å². The van der Waals surface area contributed by atoms with Crippen LogP contribution in [0.15, 0.2) is 24.3 Å². The molecule has 2 rings (SSSR count). The third-order valence-electron chi connectivity index (χ3n) is 3.02. The monoisotopic (exact) mass is 326 g/mol. The lowest BCUT2D eigenvalue weighted by molar-refractivity contribution is -0.424. The Morgan fingerprint density at radius 3 is 2.17 bits per heavy atom. The van der Waals surface area contributed by atoms with Crippen LogP contribution in [-0.4, -0.2) is 22.1 Å². The number of aromatic hydroxyl groups is 1. The van der Waals surface area contributed by atoms with Crippen LogP contribution < -0.4 is 4.74 Å². The normalized spacial score (nSPS) is 10.4. The summed E-state index contributed by atoms with van der Waals surface area (Å²) in [6, 6.07) is 3.76. The van der Waals surface area contributed by atoms with E-state index < -0.39 is 49.7 Å². The molecular weight excluding hydrogens is 318 g/mol. The number of nitro groups is 2. The summed E-state index contributed by atoms with van der Waals surface area (Å²) < 4.78 is 33.1. The van der Waals surface area contributed by atoms with Crippen LogP contribution in [0.1, 0.15) is 0 Å². The van der Waals surface area contributed by atoms with E-state index in [1.807, 2.05) is 0 Å². The van der Waals surface area contributed by atoms with Crippen LogP contribution in [0.25, 0.3) is 11.1 Å². The van der Waals surface area contributed by atoms with Crippen molar-refractivity contribution in [2.45, 2.75) is 0 Å². The summed E-state index contributed by atoms with van der Waals surface area (Å²) in [6.07, 6.45) is 0. The highest BCUT2D eigenvalue weighted by atomic mass is 19.1. The largest absolute Gasteiger partial charge is 0.502 e. The fourth-order valence-corrected chi connectivity index (χ4v) is 2.00. The third-order valence-corrected chi connectivity index (χ3v) is 3.02. The number of nitro benzene ring substituents is 2. The molecule has 0 aliphatic heterocycles. The second kappa shape index (κ2) is 5.83. The molecule has 0 bridgehead atoms. The first-order valence-corrected chi connectivity index (χ1v) is 5.96. The van der Waals surface area contributed by atoms with Crippen molar-refractivity contribution < 1.29 is 28.5 Å². The standard InChI is InChI=1S/C13H8F2N2O6/c1-23-6-2-3-9(14)7(4-6)8-5-10(18)12(16(19)20)13(11(8)15)17(21)22/h2-5,18H,1H3. The van der Waals surface area contributed by atoms with E-state index >= 15 is 0 Å². The quantitative estimate of drug-likeness (QED) is 0.681.